The molecule has 0 amide bonds. The minimum absolute atomic E-state index is 0.267. The Labute approximate surface area is 68.4 Å². The quantitative estimate of drug-likeness (QED) is 0.611. The van der Waals surface area contributed by atoms with Crippen molar-refractivity contribution in [3.63, 3.8) is 0 Å². The van der Waals surface area contributed by atoms with E-state index in [1.54, 1.807) is 0 Å². The zero-order chi connectivity index (χ0) is 8.43. The van der Waals surface area contributed by atoms with Crippen molar-refractivity contribution in [2.24, 2.45) is 5.92 Å². The fraction of sp³-hybridized carbons (Fsp3) is 0.600. The number of hydrogen-bond donors (Lipinski definition) is 1. The number of allylic oxidation sites excluding steroid dienone is 1. The third kappa shape index (κ3) is 1.93. The van der Waals surface area contributed by atoms with Gasteiger partial charge < -0.3 is 5.11 Å². The maximum Gasteiger partial charge on any atom is 0.0792 e. The van der Waals surface area contributed by atoms with E-state index in [0.29, 0.717) is 5.92 Å². The van der Waals surface area contributed by atoms with Gasteiger partial charge in [0.05, 0.1) is 6.10 Å². The van der Waals surface area contributed by atoms with Gasteiger partial charge in [-0.2, -0.15) is 0 Å². The first kappa shape index (κ1) is 8.54. The van der Waals surface area contributed by atoms with Gasteiger partial charge in [0.1, 0.15) is 0 Å². The molecule has 0 bridgehead atoms. The Morgan fingerprint density at radius 1 is 1.73 bits per heavy atom. The number of rotatable bonds is 1. The third-order valence-corrected chi connectivity index (χ3v) is 2.22. The molecule has 0 saturated heterocycles. The first-order valence-corrected chi connectivity index (χ1v) is 4.15. The Kier molecular flexibility index (Phi) is 2.50. The minimum atomic E-state index is -0.267. The summed E-state index contributed by atoms with van der Waals surface area (Å²) >= 11 is 0. The summed E-state index contributed by atoms with van der Waals surface area (Å²) in [5.41, 5.74) is 2.05. The molecule has 0 aromatic carbocycles. The molecule has 0 radical (unpaired) electrons. The Morgan fingerprint density at radius 2 is 2.36 bits per heavy atom. The molecule has 1 heteroatoms. The minimum Gasteiger partial charge on any atom is -0.388 e. The highest BCUT2D eigenvalue weighted by Crippen LogP contribution is 2.26. The highest BCUT2D eigenvalue weighted by Gasteiger charge is 2.19. The third-order valence-electron chi connectivity index (χ3n) is 2.22. The van der Waals surface area contributed by atoms with Crippen LogP contribution in [-0.4, -0.2) is 11.2 Å². The molecule has 0 aliphatic heterocycles. The van der Waals surface area contributed by atoms with Gasteiger partial charge in [0.25, 0.3) is 0 Å². The molecule has 0 saturated carbocycles. The van der Waals surface area contributed by atoms with Crippen LogP contribution in [0.15, 0.2) is 23.8 Å². The van der Waals surface area contributed by atoms with Crippen molar-refractivity contribution < 1.29 is 5.11 Å². The average molecular weight is 152 g/mol. The first-order chi connectivity index (χ1) is 5.11. The summed E-state index contributed by atoms with van der Waals surface area (Å²) in [4.78, 5) is 0. The average Bonchev–Trinajstić information content (AvgIpc) is 1.85. The Hall–Kier alpha value is -0.560. The van der Waals surface area contributed by atoms with Gasteiger partial charge >= 0.3 is 0 Å². The van der Waals surface area contributed by atoms with Crippen LogP contribution in [0.25, 0.3) is 0 Å². The molecule has 0 fully saturated rings. The maximum atomic E-state index is 9.58. The lowest BCUT2D eigenvalue weighted by Gasteiger charge is -2.24. The van der Waals surface area contributed by atoms with Gasteiger partial charge in [-0.05, 0) is 31.3 Å². The van der Waals surface area contributed by atoms with Gasteiger partial charge in [-0.15, -0.1) is 0 Å². The van der Waals surface area contributed by atoms with Crippen LogP contribution in [0.1, 0.15) is 26.7 Å². The van der Waals surface area contributed by atoms with Crippen LogP contribution in [0.3, 0.4) is 0 Å². The monoisotopic (exact) mass is 152 g/mol. The molecule has 0 aromatic rings. The van der Waals surface area contributed by atoms with Crippen molar-refractivity contribution in [3.05, 3.63) is 23.8 Å². The van der Waals surface area contributed by atoms with E-state index >= 15 is 0 Å². The van der Waals surface area contributed by atoms with Crippen molar-refractivity contribution in [1.29, 1.82) is 0 Å². The topological polar surface area (TPSA) is 20.2 Å². The van der Waals surface area contributed by atoms with E-state index < -0.39 is 0 Å². The molecule has 0 unspecified atom stereocenters. The van der Waals surface area contributed by atoms with E-state index in [1.165, 1.54) is 0 Å². The largest absolute Gasteiger partial charge is 0.388 e. The summed E-state index contributed by atoms with van der Waals surface area (Å²) in [7, 11) is 0. The Morgan fingerprint density at radius 3 is 2.82 bits per heavy atom. The molecule has 62 valence electrons. The summed E-state index contributed by atoms with van der Waals surface area (Å²) in [5, 5.41) is 9.58. The summed E-state index contributed by atoms with van der Waals surface area (Å²) in [6, 6.07) is 0. The second-order valence-electron chi connectivity index (χ2n) is 3.53. The lowest BCUT2D eigenvalue weighted by Crippen LogP contribution is -2.19. The van der Waals surface area contributed by atoms with Crippen LogP contribution in [0.4, 0.5) is 0 Å². The Bertz CT molecular complexity index is 191. The summed E-state index contributed by atoms with van der Waals surface area (Å²) in [5.74, 6) is 0.619. The van der Waals surface area contributed by atoms with E-state index in [4.69, 9.17) is 0 Å². The van der Waals surface area contributed by atoms with E-state index in [-0.39, 0.29) is 6.10 Å². The fourth-order valence-corrected chi connectivity index (χ4v) is 1.53. The fourth-order valence-electron chi connectivity index (χ4n) is 1.53. The second-order valence-corrected chi connectivity index (χ2v) is 3.53. The van der Waals surface area contributed by atoms with E-state index in [0.717, 1.165) is 24.0 Å². The van der Waals surface area contributed by atoms with Crippen molar-refractivity contribution in [2.75, 3.05) is 0 Å². The van der Waals surface area contributed by atoms with Crippen LogP contribution in [-0.2, 0) is 0 Å². The van der Waals surface area contributed by atoms with Crippen molar-refractivity contribution >= 4 is 0 Å². The van der Waals surface area contributed by atoms with Crippen LogP contribution in [0.2, 0.25) is 0 Å². The summed E-state index contributed by atoms with van der Waals surface area (Å²) < 4.78 is 0. The lowest BCUT2D eigenvalue weighted by atomic mass is 9.86. The van der Waals surface area contributed by atoms with Crippen molar-refractivity contribution in [1.82, 2.24) is 0 Å². The van der Waals surface area contributed by atoms with E-state index in [2.05, 4.69) is 19.6 Å². The highest BCUT2D eigenvalue weighted by atomic mass is 16.3. The summed E-state index contributed by atoms with van der Waals surface area (Å²) in [6.07, 6.45) is 3.82. The molecule has 1 aliphatic rings. The number of aliphatic hydroxyl groups excluding tert-OH is 1. The van der Waals surface area contributed by atoms with Crippen LogP contribution in [0.5, 0.6) is 0 Å². The van der Waals surface area contributed by atoms with Gasteiger partial charge in [-0.25, -0.2) is 0 Å². The second kappa shape index (κ2) is 3.22. The van der Waals surface area contributed by atoms with Gasteiger partial charge in [-0.3, -0.25) is 0 Å². The van der Waals surface area contributed by atoms with Gasteiger partial charge in [0, 0.05) is 0 Å². The number of hydrogen-bond acceptors (Lipinski definition) is 1. The molecule has 11 heavy (non-hydrogen) atoms. The molecule has 0 spiro atoms. The van der Waals surface area contributed by atoms with Crippen LogP contribution < -0.4 is 0 Å². The normalized spacial score (nSPS) is 31.4. The molecule has 0 heterocycles. The first-order valence-electron chi connectivity index (χ1n) is 4.15. The molecule has 1 N–H and O–H groups in total. The maximum absolute atomic E-state index is 9.58. The lowest BCUT2D eigenvalue weighted by molar-refractivity contribution is 0.173. The zero-order valence-corrected chi connectivity index (χ0v) is 7.30. The SMILES string of the molecule is C=C(C)C1=CC[C@@H](C)C[C@@H]1O. The predicted molar refractivity (Wildman–Crippen MR) is 47.3 cm³/mol. The Balaban J connectivity index is 2.72. The van der Waals surface area contributed by atoms with E-state index in [9.17, 15) is 5.11 Å². The van der Waals surface area contributed by atoms with Crippen LogP contribution in [0, 0.1) is 5.92 Å². The molecule has 1 aliphatic carbocycles. The smallest absolute Gasteiger partial charge is 0.0792 e. The predicted octanol–water partition coefficient (Wildman–Crippen LogP) is 2.28. The zero-order valence-electron chi connectivity index (χ0n) is 7.30. The van der Waals surface area contributed by atoms with Gasteiger partial charge in [0.2, 0.25) is 0 Å². The van der Waals surface area contributed by atoms with Crippen molar-refractivity contribution in [2.45, 2.75) is 32.8 Å². The van der Waals surface area contributed by atoms with Gasteiger partial charge in [0.15, 0.2) is 0 Å². The standard InChI is InChI=1S/C10H16O/c1-7(2)9-5-4-8(3)6-10(9)11/h5,8,10-11H,1,4,6H2,2-3H3/t8-,10+/m1/s1. The summed E-state index contributed by atoms with van der Waals surface area (Å²) in [6.45, 7) is 7.94. The molecule has 1 rings (SSSR count). The molecular formula is C10H16O. The van der Waals surface area contributed by atoms with Gasteiger partial charge in [-0.1, -0.05) is 25.2 Å². The van der Waals surface area contributed by atoms with E-state index in [1.807, 2.05) is 6.92 Å². The molecule has 2 atom stereocenters. The van der Waals surface area contributed by atoms with Crippen molar-refractivity contribution in [3.8, 4) is 0 Å². The molecular weight excluding hydrogens is 136 g/mol. The number of aliphatic hydroxyl groups is 1. The molecule has 1 nitrogen and oxygen atoms in total. The highest BCUT2D eigenvalue weighted by molar-refractivity contribution is 5.31. The van der Waals surface area contributed by atoms with Crippen LogP contribution >= 0.6 is 0 Å². The molecule has 0 aromatic heterocycles.